The average Bonchev–Trinajstić information content (AvgIpc) is 2.23. The van der Waals surface area contributed by atoms with E-state index in [1.807, 2.05) is 0 Å². The van der Waals surface area contributed by atoms with Crippen LogP contribution in [0.1, 0.15) is 26.7 Å². The number of carbonyl (C=O) groups excluding carboxylic acids is 1. The molecule has 0 aliphatic rings. The van der Waals surface area contributed by atoms with E-state index in [-0.39, 0.29) is 19.4 Å². The quantitative estimate of drug-likeness (QED) is 0.426. The first kappa shape index (κ1) is 16.0. The predicted molar refractivity (Wildman–Crippen MR) is 61.8 cm³/mol. The summed E-state index contributed by atoms with van der Waals surface area (Å²) in [5.41, 5.74) is 0.311. The first-order chi connectivity index (χ1) is 8.36. The van der Waals surface area contributed by atoms with Crippen LogP contribution in [0, 0.1) is 0 Å². The number of carbonyl (C=O) groups is 3. The van der Waals surface area contributed by atoms with Crippen molar-refractivity contribution in [3.8, 4) is 0 Å². The first-order valence-corrected chi connectivity index (χ1v) is 5.43. The normalized spacial score (nSPS) is 12.7. The lowest BCUT2D eigenvalue weighted by molar-refractivity contribution is -0.141. The van der Waals surface area contributed by atoms with Gasteiger partial charge in [-0.1, -0.05) is 0 Å². The SMILES string of the molecule is CCOC(=O)/C=C(\C)N[C@@H](CCC(=O)O)C(=O)O. The summed E-state index contributed by atoms with van der Waals surface area (Å²) in [5, 5.41) is 19.9. The number of rotatable bonds is 8. The van der Waals surface area contributed by atoms with Crippen molar-refractivity contribution >= 4 is 17.9 Å². The summed E-state index contributed by atoms with van der Waals surface area (Å²) in [6.45, 7) is 3.39. The fourth-order valence-electron chi connectivity index (χ4n) is 1.20. The highest BCUT2D eigenvalue weighted by molar-refractivity contribution is 5.83. The number of aliphatic carboxylic acids is 2. The Bertz CT molecular complexity index is 349. The van der Waals surface area contributed by atoms with Gasteiger partial charge in [-0.3, -0.25) is 4.79 Å². The molecule has 1 atom stereocenters. The van der Waals surface area contributed by atoms with E-state index >= 15 is 0 Å². The molecule has 0 saturated carbocycles. The molecule has 18 heavy (non-hydrogen) atoms. The second-order valence-electron chi connectivity index (χ2n) is 3.55. The summed E-state index contributed by atoms with van der Waals surface area (Å²) >= 11 is 0. The minimum Gasteiger partial charge on any atom is -0.481 e. The van der Waals surface area contributed by atoms with Crippen molar-refractivity contribution in [2.75, 3.05) is 6.61 Å². The molecule has 0 heterocycles. The van der Waals surface area contributed by atoms with Crippen molar-refractivity contribution in [2.45, 2.75) is 32.7 Å². The van der Waals surface area contributed by atoms with Gasteiger partial charge >= 0.3 is 17.9 Å². The van der Waals surface area contributed by atoms with Crippen molar-refractivity contribution in [3.05, 3.63) is 11.8 Å². The molecule has 7 nitrogen and oxygen atoms in total. The van der Waals surface area contributed by atoms with Gasteiger partial charge in [0.15, 0.2) is 0 Å². The average molecular weight is 259 g/mol. The number of hydrogen-bond donors (Lipinski definition) is 3. The molecule has 0 aromatic rings. The largest absolute Gasteiger partial charge is 0.481 e. The van der Waals surface area contributed by atoms with Gasteiger partial charge in [-0.05, 0) is 20.3 Å². The van der Waals surface area contributed by atoms with Crippen LogP contribution < -0.4 is 5.32 Å². The number of allylic oxidation sites excluding steroid dienone is 1. The smallest absolute Gasteiger partial charge is 0.332 e. The topological polar surface area (TPSA) is 113 Å². The fraction of sp³-hybridized carbons (Fsp3) is 0.545. The minimum atomic E-state index is -1.17. The van der Waals surface area contributed by atoms with E-state index in [9.17, 15) is 14.4 Å². The molecule has 7 heteroatoms. The Morgan fingerprint density at radius 2 is 1.94 bits per heavy atom. The van der Waals surface area contributed by atoms with Crippen LogP contribution in [0.5, 0.6) is 0 Å². The molecule has 3 N–H and O–H groups in total. The van der Waals surface area contributed by atoms with Gasteiger partial charge in [0.2, 0.25) is 0 Å². The molecule has 0 radical (unpaired) electrons. The summed E-state index contributed by atoms with van der Waals surface area (Å²) in [4.78, 5) is 32.3. The van der Waals surface area contributed by atoms with E-state index in [1.54, 1.807) is 6.92 Å². The molecule has 0 aliphatic heterocycles. The van der Waals surface area contributed by atoms with E-state index < -0.39 is 23.9 Å². The third-order valence-corrected chi connectivity index (χ3v) is 1.97. The molecule has 0 aromatic carbocycles. The molecule has 0 bridgehead atoms. The molecular formula is C11H17NO6. The summed E-state index contributed by atoms with van der Waals surface area (Å²) < 4.78 is 4.66. The van der Waals surface area contributed by atoms with Gasteiger partial charge in [0.05, 0.1) is 6.61 Å². The van der Waals surface area contributed by atoms with Crippen molar-refractivity contribution < 1.29 is 29.3 Å². The molecule has 0 spiro atoms. The third-order valence-electron chi connectivity index (χ3n) is 1.97. The Labute approximate surface area is 104 Å². The Kier molecular flexibility index (Phi) is 7.18. The maximum atomic E-state index is 11.1. The van der Waals surface area contributed by atoms with Crippen LogP contribution in [0.2, 0.25) is 0 Å². The number of carboxylic acid groups (broad SMARTS) is 2. The van der Waals surface area contributed by atoms with E-state index in [0.29, 0.717) is 5.70 Å². The Morgan fingerprint density at radius 3 is 2.39 bits per heavy atom. The molecule has 0 amide bonds. The highest BCUT2D eigenvalue weighted by Gasteiger charge is 2.18. The van der Waals surface area contributed by atoms with Crippen molar-refractivity contribution in [2.24, 2.45) is 0 Å². The van der Waals surface area contributed by atoms with Crippen LogP contribution in [0.15, 0.2) is 11.8 Å². The molecule has 0 fully saturated rings. The Balaban J connectivity index is 4.44. The van der Waals surface area contributed by atoms with Crippen LogP contribution >= 0.6 is 0 Å². The van der Waals surface area contributed by atoms with Gasteiger partial charge in [0, 0.05) is 18.2 Å². The van der Waals surface area contributed by atoms with Crippen LogP contribution in [0.25, 0.3) is 0 Å². The number of ether oxygens (including phenoxy) is 1. The van der Waals surface area contributed by atoms with Crippen LogP contribution in [-0.2, 0) is 19.1 Å². The first-order valence-electron chi connectivity index (χ1n) is 5.43. The molecule has 0 rings (SSSR count). The second kappa shape index (κ2) is 8.10. The summed E-state index contributed by atoms with van der Waals surface area (Å²) in [7, 11) is 0. The lowest BCUT2D eigenvalue weighted by atomic mass is 10.1. The van der Waals surface area contributed by atoms with Crippen molar-refractivity contribution in [1.82, 2.24) is 5.32 Å². The van der Waals surface area contributed by atoms with Crippen LogP contribution in [0.3, 0.4) is 0 Å². The van der Waals surface area contributed by atoms with Gasteiger partial charge < -0.3 is 20.3 Å². The van der Waals surface area contributed by atoms with E-state index in [4.69, 9.17) is 10.2 Å². The zero-order chi connectivity index (χ0) is 14.1. The number of nitrogens with one attached hydrogen (secondary N) is 1. The second-order valence-corrected chi connectivity index (χ2v) is 3.55. The molecule has 102 valence electrons. The number of hydrogen-bond acceptors (Lipinski definition) is 5. The zero-order valence-corrected chi connectivity index (χ0v) is 10.3. The standard InChI is InChI=1S/C11H17NO6/c1-3-18-10(15)6-7(2)12-8(11(16)17)4-5-9(13)14/h6,8,12H,3-5H2,1-2H3,(H,13,14)(H,16,17)/b7-6+/t8-/m0/s1. The molecular weight excluding hydrogens is 242 g/mol. The Morgan fingerprint density at radius 1 is 1.33 bits per heavy atom. The molecule has 0 unspecified atom stereocenters. The van der Waals surface area contributed by atoms with Gasteiger partial charge in [-0.25, -0.2) is 9.59 Å². The number of carboxylic acids is 2. The van der Waals surface area contributed by atoms with Crippen LogP contribution in [-0.4, -0.2) is 40.8 Å². The minimum absolute atomic E-state index is 0.0708. The zero-order valence-electron chi connectivity index (χ0n) is 10.3. The van der Waals surface area contributed by atoms with Crippen molar-refractivity contribution in [1.29, 1.82) is 0 Å². The fourth-order valence-corrected chi connectivity index (χ4v) is 1.20. The van der Waals surface area contributed by atoms with Gasteiger partial charge in [0.25, 0.3) is 0 Å². The summed E-state index contributed by atoms with van der Waals surface area (Å²) in [6.07, 6.45) is 0.787. The maximum absolute atomic E-state index is 11.1. The Hall–Kier alpha value is -2.05. The van der Waals surface area contributed by atoms with Gasteiger partial charge in [-0.15, -0.1) is 0 Å². The van der Waals surface area contributed by atoms with E-state index in [1.165, 1.54) is 6.92 Å². The van der Waals surface area contributed by atoms with Gasteiger partial charge in [0.1, 0.15) is 6.04 Å². The van der Waals surface area contributed by atoms with Crippen LogP contribution in [0.4, 0.5) is 0 Å². The highest BCUT2D eigenvalue weighted by Crippen LogP contribution is 2.01. The maximum Gasteiger partial charge on any atom is 0.332 e. The highest BCUT2D eigenvalue weighted by atomic mass is 16.5. The molecule has 0 saturated heterocycles. The summed E-state index contributed by atoms with van der Waals surface area (Å²) in [6, 6.07) is -1.05. The lowest BCUT2D eigenvalue weighted by Crippen LogP contribution is -2.36. The molecule has 0 aromatic heterocycles. The third kappa shape index (κ3) is 7.26. The predicted octanol–water partition coefficient (Wildman–Crippen LogP) is 0.361. The van der Waals surface area contributed by atoms with E-state index in [2.05, 4.69) is 10.1 Å². The molecule has 0 aliphatic carbocycles. The number of esters is 1. The van der Waals surface area contributed by atoms with Crippen molar-refractivity contribution in [3.63, 3.8) is 0 Å². The van der Waals surface area contributed by atoms with E-state index in [0.717, 1.165) is 6.08 Å². The van der Waals surface area contributed by atoms with Gasteiger partial charge in [-0.2, -0.15) is 0 Å². The lowest BCUT2D eigenvalue weighted by Gasteiger charge is -2.14. The monoisotopic (exact) mass is 259 g/mol. The summed E-state index contributed by atoms with van der Waals surface area (Å²) in [5.74, 6) is -2.83.